The first-order chi connectivity index (χ1) is 9.06. The fourth-order valence-corrected chi connectivity index (χ4v) is 1.93. The maximum Gasteiger partial charge on any atom is 0.371 e. The van der Waals surface area contributed by atoms with Gasteiger partial charge in [0.25, 0.3) is 0 Å². The summed E-state index contributed by atoms with van der Waals surface area (Å²) in [7, 11) is 1.97. The Morgan fingerprint density at radius 3 is 2.84 bits per heavy atom. The van der Waals surface area contributed by atoms with Crippen LogP contribution in [0.2, 0.25) is 0 Å². The number of hydrogen-bond acceptors (Lipinski definition) is 4. The number of carboxylic acids is 1. The maximum atomic E-state index is 10.8. The van der Waals surface area contributed by atoms with E-state index in [9.17, 15) is 4.79 Å². The molecule has 0 aliphatic heterocycles. The second-order valence-electron chi connectivity index (χ2n) is 4.53. The van der Waals surface area contributed by atoms with Crippen LogP contribution in [0.1, 0.15) is 27.4 Å². The number of carboxylic acid groups (broad SMARTS) is 1. The van der Waals surface area contributed by atoms with Gasteiger partial charge in [0.2, 0.25) is 5.76 Å². The number of rotatable bonds is 5. The van der Waals surface area contributed by atoms with Gasteiger partial charge in [-0.15, -0.1) is 0 Å². The molecule has 0 saturated heterocycles. The average molecular weight is 260 g/mol. The van der Waals surface area contributed by atoms with E-state index in [1.807, 2.05) is 25.4 Å². The second-order valence-corrected chi connectivity index (χ2v) is 4.53. The zero-order chi connectivity index (χ0) is 13.8. The van der Waals surface area contributed by atoms with Gasteiger partial charge >= 0.3 is 5.97 Å². The smallest absolute Gasteiger partial charge is 0.371 e. The number of aromatic nitrogens is 1. The van der Waals surface area contributed by atoms with Gasteiger partial charge in [-0.1, -0.05) is 6.07 Å². The average Bonchev–Trinajstić information content (AvgIpc) is 2.72. The largest absolute Gasteiger partial charge is 0.475 e. The van der Waals surface area contributed by atoms with Gasteiger partial charge in [0.05, 0.1) is 0 Å². The number of aromatic carboxylic acids is 1. The van der Waals surface area contributed by atoms with Crippen LogP contribution in [0.5, 0.6) is 0 Å². The first kappa shape index (κ1) is 13.3. The van der Waals surface area contributed by atoms with Crippen LogP contribution in [-0.2, 0) is 13.1 Å². The molecular formula is C14H16N2O3. The molecule has 2 heterocycles. The highest BCUT2D eigenvalue weighted by Gasteiger charge is 2.14. The number of carbonyl (C=O) groups is 1. The maximum absolute atomic E-state index is 10.8. The molecule has 0 bridgehead atoms. The minimum atomic E-state index is -1.04. The molecule has 0 radical (unpaired) electrons. The lowest BCUT2D eigenvalue weighted by Crippen LogP contribution is -2.17. The molecule has 2 aromatic heterocycles. The summed E-state index contributed by atoms with van der Waals surface area (Å²) in [5.74, 6) is -0.401. The first-order valence-corrected chi connectivity index (χ1v) is 5.96. The lowest BCUT2D eigenvalue weighted by atomic mass is 10.2. The van der Waals surface area contributed by atoms with Gasteiger partial charge in [-0.05, 0) is 31.7 Å². The van der Waals surface area contributed by atoms with Crippen LogP contribution in [0.3, 0.4) is 0 Å². The molecule has 0 fully saturated rings. The highest BCUT2D eigenvalue weighted by molar-refractivity contribution is 5.84. The Kier molecular flexibility index (Phi) is 3.97. The van der Waals surface area contributed by atoms with E-state index in [1.54, 1.807) is 19.2 Å². The van der Waals surface area contributed by atoms with Crippen LogP contribution in [0.15, 0.2) is 35.0 Å². The Morgan fingerprint density at radius 1 is 1.47 bits per heavy atom. The molecule has 0 aliphatic carbocycles. The molecule has 0 amide bonds. The van der Waals surface area contributed by atoms with Crippen molar-refractivity contribution in [1.82, 2.24) is 9.88 Å². The molecule has 19 heavy (non-hydrogen) atoms. The van der Waals surface area contributed by atoms with Crippen molar-refractivity contribution in [3.05, 3.63) is 53.2 Å². The minimum absolute atomic E-state index is 0.0118. The molecule has 0 saturated carbocycles. The Bertz CT molecular complexity index is 563. The SMILES string of the molecule is Cc1oc(C(=O)O)cc1CN(C)Cc1cccnc1. The lowest BCUT2D eigenvalue weighted by molar-refractivity contribution is 0.0661. The van der Waals surface area contributed by atoms with E-state index < -0.39 is 5.97 Å². The molecule has 0 unspecified atom stereocenters. The summed E-state index contributed by atoms with van der Waals surface area (Å²) in [5, 5.41) is 8.88. The van der Waals surface area contributed by atoms with E-state index in [0.717, 1.165) is 17.7 Å². The molecule has 0 aliphatic rings. The van der Waals surface area contributed by atoms with Gasteiger partial charge in [-0.25, -0.2) is 4.79 Å². The van der Waals surface area contributed by atoms with Crippen molar-refractivity contribution in [2.45, 2.75) is 20.0 Å². The Balaban J connectivity index is 2.03. The van der Waals surface area contributed by atoms with Gasteiger partial charge in [0, 0.05) is 31.0 Å². The Labute approximate surface area is 111 Å². The van der Waals surface area contributed by atoms with Crippen LogP contribution < -0.4 is 0 Å². The predicted octanol–water partition coefficient (Wildman–Crippen LogP) is 2.31. The quantitative estimate of drug-likeness (QED) is 0.893. The van der Waals surface area contributed by atoms with Crippen molar-refractivity contribution in [2.24, 2.45) is 0 Å². The third-order valence-corrected chi connectivity index (χ3v) is 2.85. The van der Waals surface area contributed by atoms with Gasteiger partial charge < -0.3 is 9.52 Å². The molecule has 2 aromatic rings. The summed E-state index contributed by atoms with van der Waals surface area (Å²) < 4.78 is 5.19. The van der Waals surface area contributed by atoms with E-state index in [4.69, 9.17) is 9.52 Å². The number of hydrogen-bond donors (Lipinski definition) is 1. The van der Waals surface area contributed by atoms with Gasteiger partial charge in [0.1, 0.15) is 5.76 Å². The summed E-state index contributed by atoms with van der Waals surface area (Å²) in [6.07, 6.45) is 3.56. The van der Waals surface area contributed by atoms with Crippen LogP contribution in [-0.4, -0.2) is 28.0 Å². The van der Waals surface area contributed by atoms with Gasteiger partial charge in [-0.2, -0.15) is 0 Å². The van der Waals surface area contributed by atoms with Gasteiger partial charge in [-0.3, -0.25) is 9.88 Å². The van der Waals surface area contributed by atoms with Crippen molar-refractivity contribution in [1.29, 1.82) is 0 Å². The van der Waals surface area contributed by atoms with Crippen LogP contribution >= 0.6 is 0 Å². The summed E-state index contributed by atoms with van der Waals surface area (Å²) >= 11 is 0. The Hall–Kier alpha value is -2.14. The van der Waals surface area contributed by atoms with E-state index >= 15 is 0 Å². The summed E-state index contributed by atoms with van der Waals surface area (Å²) in [5.41, 5.74) is 2.01. The summed E-state index contributed by atoms with van der Waals surface area (Å²) in [6, 6.07) is 5.49. The van der Waals surface area contributed by atoms with Crippen molar-refractivity contribution < 1.29 is 14.3 Å². The van der Waals surface area contributed by atoms with Crippen molar-refractivity contribution in [2.75, 3.05) is 7.05 Å². The third-order valence-electron chi connectivity index (χ3n) is 2.85. The molecule has 2 rings (SSSR count). The third kappa shape index (κ3) is 3.42. The molecular weight excluding hydrogens is 244 g/mol. The fourth-order valence-electron chi connectivity index (χ4n) is 1.93. The fraction of sp³-hybridized carbons (Fsp3) is 0.286. The van der Waals surface area contributed by atoms with Crippen molar-refractivity contribution in [3.63, 3.8) is 0 Å². The highest BCUT2D eigenvalue weighted by Crippen LogP contribution is 2.17. The summed E-state index contributed by atoms with van der Waals surface area (Å²) in [6.45, 7) is 3.16. The molecule has 0 spiro atoms. The van der Waals surface area contributed by atoms with Crippen molar-refractivity contribution >= 4 is 5.97 Å². The highest BCUT2D eigenvalue weighted by atomic mass is 16.4. The second kappa shape index (κ2) is 5.67. The standard InChI is InChI=1S/C14H16N2O3/c1-10-12(6-13(19-10)14(17)18)9-16(2)8-11-4-3-5-15-7-11/h3-7H,8-9H2,1-2H3,(H,17,18). The number of pyridine rings is 1. The van der Waals surface area contributed by atoms with E-state index in [1.165, 1.54) is 0 Å². The molecule has 1 N–H and O–H groups in total. The molecule has 5 heteroatoms. The number of furan rings is 1. The minimum Gasteiger partial charge on any atom is -0.475 e. The topological polar surface area (TPSA) is 66.6 Å². The lowest BCUT2D eigenvalue weighted by Gasteiger charge is -2.15. The van der Waals surface area contributed by atoms with Crippen LogP contribution in [0, 0.1) is 6.92 Å². The molecule has 0 aromatic carbocycles. The normalized spacial score (nSPS) is 10.9. The zero-order valence-electron chi connectivity index (χ0n) is 11.0. The van der Waals surface area contributed by atoms with Crippen LogP contribution in [0.25, 0.3) is 0 Å². The molecule has 5 nitrogen and oxygen atoms in total. The molecule has 0 atom stereocenters. The predicted molar refractivity (Wildman–Crippen MR) is 69.8 cm³/mol. The number of nitrogens with zero attached hydrogens (tertiary/aromatic N) is 2. The molecule has 100 valence electrons. The van der Waals surface area contributed by atoms with E-state index in [-0.39, 0.29) is 5.76 Å². The van der Waals surface area contributed by atoms with E-state index in [0.29, 0.717) is 12.3 Å². The Morgan fingerprint density at radius 2 is 2.26 bits per heavy atom. The zero-order valence-corrected chi connectivity index (χ0v) is 11.0. The van der Waals surface area contributed by atoms with E-state index in [2.05, 4.69) is 9.88 Å². The summed E-state index contributed by atoms with van der Waals surface area (Å²) in [4.78, 5) is 17.0. The van der Waals surface area contributed by atoms with Crippen molar-refractivity contribution in [3.8, 4) is 0 Å². The van der Waals surface area contributed by atoms with Crippen LogP contribution in [0.4, 0.5) is 0 Å². The van der Waals surface area contributed by atoms with Gasteiger partial charge in [0.15, 0.2) is 0 Å². The monoisotopic (exact) mass is 260 g/mol. The number of aryl methyl sites for hydroxylation is 1. The first-order valence-electron chi connectivity index (χ1n) is 5.96.